The van der Waals surface area contributed by atoms with Crippen molar-refractivity contribution in [1.29, 1.82) is 0 Å². The van der Waals surface area contributed by atoms with Gasteiger partial charge in [0.15, 0.2) is 0 Å². The Morgan fingerprint density at radius 2 is 1.13 bits per heavy atom. The maximum Gasteiger partial charge on any atom is 0.323 e. The fourth-order valence-corrected chi connectivity index (χ4v) is 2.62. The average Bonchev–Trinajstić information content (AvgIpc) is 2.45. The van der Waals surface area contributed by atoms with Crippen LogP contribution in [0.5, 0.6) is 0 Å². The van der Waals surface area contributed by atoms with Crippen LogP contribution in [0.1, 0.15) is 81.6 Å². The highest BCUT2D eigenvalue weighted by Gasteiger charge is 2.34. The van der Waals surface area contributed by atoms with Gasteiger partial charge >= 0.3 is 17.9 Å². The summed E-state index contributed by atoms with van der Waals surface area (Å²) in [5.41, 5.74) is -2.13. The summed E-state index contributed by atoms with van der Waals surface area (Å²) < 4.78 is 16.3. The molecule has 0 saturated heterocycles. The van der Waals surface area contributed by atoms with E-state index in [4.69, 9.17) is 19.3 Å². The molecule has 0 aliphatic carbocycles. The minimum absolute atomic E-state index is 0.0147. The molecular weight excluding hydrogens is 390 g/mol. The number of esters is 3. The Bertz CT molecular complexity index is 538. The predicted octanol–water partition coefficient (Wildman–Crippen LogP) is 2.84. The van der Waals surface area contributed by atoms with Gasteiger partial charge in [0, 0.05) is 6.61 Å². The summed E-state index contributed by atoms with van der Waals surface area (Å²) in [7, 11) is 0. The molecule has 1 N–H and O–H groups in total. The van der Waals surface area contributed by atoms with Crippen LogP contribution in [0.4, 0.5) is 0 Å². The SMILES string of the molecule is CC(C)(C)OC(=O)CN(CC(=O)OC(C)(C)C)C(CCCCO)C(=O)OC(C)(C)C. The van der Waals surface area contributed by atoms with Gasteiger partial charge < -0.3 is 19.3 Å². The molecule has 176 valence electrons. The van der Waals surface area contributed by atoms with Crippen LogP contribution in [0, 0.1) is 0 Å². The number of rotatable bonds is 10. The predicted molar refractivity (Wildman–Crippen MR) is 114 cm³/mol. The van der Waals surface area contributed by atoms with Crippen molar-refractivity contribution in [2.45, 2.75) is 104 Å². The minimum atomic E-state index is -0.851. The number of aliphatic hydroxyl groups is 1. The monoisotopic (exact) mass is 431 g/mol. The average molecular weight is 432 g/mol. The Balaban J connectivity index is 5.69. The van der Waals surface area contributed by atoms with Crippen LogP contribution in [-0.2, 0) is 28.6 Å². The van der Waals surface area contributed by atoms with Crippen molar-refractivity contribution in [3.8, 4) is 0 Å². The first kappa shape index (κ1) is 28.3. The third-order valence-corrected chi connectivity index (χ3v) is 3.51. The Morgan fingerprint density at radius 3 is 1.47 bits per heavy atom. The summed E-state index contributed by atoms with van der Waals surface area (Å²) in [4.78, 5) is 39.3. The zero-order valence-electron chi connectivity index (χ0n) is 20.2. The van der Waals surface area contributed by atoms with Gasteiger partial charge in [0.25, 0.3) is 0 Å². The molecule has 30 heavy (non-hydrogen) atoms. The van der Waals surface area contributed by atoms with Crippen molar-refractivity contribution < 1.29 is 33.7 Å². The van der Waals surface area contributed by atoms with Crippen LogP contribution in [0.3, 0.4) is 0 Å². The first-order valence-corrected chi connectivity index (χ1v) is 10.4. The van der Waals surface area contributed by atoms with E-state index in [-0.39, 0.29) is 19.7 Å². The molecule has 0 aliphatic heterocycles. The molecule has 0 rings (SSSR count). The molecule has 8 heteroatoms. The number of hydrogen-bond donors (Lipinski definition) is 1. The Kier molecular flexibility index (Phi) is 11.0. The fourth-order valence-electron chi connectivity index (χ4n) is 2.62. The van der Waals surface area contributed by atoms with Gasteiger partial charge in [-0.3, -0.25) is 19.3 Å². The van der Waals surface area contributed by atoms with E-state index in [0.29, 0.717) is 19.3 Å². The Labute approximate surface area is 181 Å². The van der Waals surface area contributed by atoms with Gasteiger partial charge in [-0.05, 0) is 81.6 Å². The summed E-state index contributed by atoms with van der Waals surface area (Å²) in [6.07, 6.45) is 1.34. The summed E-state index contributed by atoms with van der Waals surface area (Å²) >= 11 is 0. The molecule has 0 fully saturated rings. The molecule has 0 spiro atoms. The first-order valence-electron chi connectivity index (χ1n) is 10.4. The molecule has 0 aromatic carbocycles. The van der Waals surface area contributed by atoms with E-state index in [1.807, 2.05) is 0 Å². The van der Waals surface area contributed by atoms with Crippen LogP contribution >= 0.6 is 0 Å². The highest BCUT2D eigenvalue weighted by molar-refractivity contribution is 5.80. The Hall–Kier alpha value is -1.67. The maximum atomic E-state index is 12.9. The highest BCUT2D eigenvalue weighted by atomic mass is 16.6. The van der Waals surface area contributed by atoms with Gasteiger partial charge in [-0.25, -0.2) is 0 Å². The molecule has 0 amide bonds. The lowest BCUT2D eigenvalue weighted by molar-refractivity contribution is -0.168. The van der Waals surface area contributed by atoms with Crippen molar-refractivity contribution in [3.63, 3.8) is 0 Å². The van der Waals surface area contributed by atoms with Gasteiger partial charge in [-0.15, -0.1) is 0 Å². The van der Waals surface area contributed by atoms with E-state index >= 15 is 0 Å². The van der Waals surface area contributed by atoms with E-state index in [2.05, 4.69) is 0 Å². The number of nitrogens with zero attached hydrogens (tertiary/aromatic N) is 1. The van der Waals surface area contributed by atoms with Gasteiger partial charge in [0.2, 0.25) is 0 Å². The molecular formula is C22H41NO7. The molecule has 1 atom stereocenters. The van der Waals surface area contributed by atoms with Crippen molar-refractivity contribution >= 4 is 17.9 Å². The van der Waals surface area contributed by atoms with Crippen molar-refractivity contribution in [2.75, 3.05) is 19.7 Å². The van der Waals surface area contributed by atoms with Gasteiger partial charge in [-0.1, -0.05) is 0 Å². The van der Waals surface area contributed by atoms with Crippen LogP contribution in [0.15, 0.2) is 0 Å². The zero-order valence-corrected chi connectivity index (χ0v) is 20.2. The molecule has 0 radical (unpaired) electrons. The lowest BCUT2D eigenvalue weighted by atomic mass is 10.1. The van der Waals surface area contributed by atoms with Crippen LogP contribution in [0.25, 0.3) is 0 Å². The topological polar surface area (TPSA) is 102 Å². The summed E-state index contributed by atoms with van der Waals surface area (Å²) in [6, 6.07) is -0.851. The quantitative estimate of drug-likeness (QED) is 0.320. The van der Waals surface area contributed by atoms with E-state index in [1.165, 1.54) is 4.90 Å². The second-order valence-corrected chi connectivity index (χ2v) is 10.3. The molecule has 0 aromatic rings. The number of hydrogen-bond acceptors (Lipinski definition) is 8. The number of carbonyl (C=O) groups is 3. The second-order valence-electron chi connectivity index (χ2n) is 10.3. The Morgan fingerprint density at radius 1 is 0.733 bits per heavy atom. The third kappa shape index (κ3) is 14.3. The van der Waals surface area contributed by atoms with Crippen molar-refractivity contribution in [3.05, 3.63) is 0 Å². The summed E-state index contributed by atoms with van der Waals surface area (Å²) in [6.45, 7) is 15.2. The van der Waals surface area contributed by atoms with Crippen LogP contribution in [-0.4, -0.2) is 70.5 Å². The smallest absolute Gasteiger partial charge is 0.323 e. The highest BCUT2D eigenvalue weighted by Crippen LogP contribution is 2.18. The molecule has 0 aliphatic rings. The molecule has 1 unspecified atom stereocenters. The van der Waals surface area contributed by atoms with Crippen molar-refractivity contribution in [1.82, 2.24) is 4.90 Å². The summed E-state index contributed by atoms with van der Waals surface area (Å²) in [5, 5.41) is 9.11. The maximum absolute atomic E-state index is 12.9. The van der Waals surface area contributed by atoms with E-state index in [9.17, 15) is 14.4 Å². The number of carbonyl (C=O) groups excluding carboxylic acids is 3. The zero-order chi connectivity index (χ0) is 23.8. The summed E-state index contributed by atoms with van der Waals surface area (Å²) in [5.74, 6) is -1.64. The largest absolute Gasteiger partial charge is 0.459 e. The number of unbranched alkanes of at least 4 members (excludes halogenated alkanes) is 1. The lowest BCUT2D eigenvalue weighted by Gasteiger charge is -2.32. The minimum Gasteiger partial charge on any atom is -0.459 e. The van der Waals surface area contributed by atoms with E-state index in [1.54, 1.807) is 62.3 Å². The molecule has 0 bridgehead atoms. The van der Waals surface area contributed by atoms with Crippen LogP contribution < -0.4 is 0 Å². The van der Waals surface area contributed by atoms with Gasteiger partial charge in [0.05, 0.1) is 13.1 Å². The standard InChI is InChI=1S/C22H41NO7/c1-20(2,3)28-17(25)14-23(15-18(26)29-21(4,5)6)16(12-10-11-13-24)19(27)30-22(7,8)9/h16,24H,10-15H2,1-9H3. The fraction of sp³-hybridized carbons (Fsp3) is 0.864. The third-order valence-electron chi connectivity index (χ3n) is 3.51. The van der Waals surface area contributed by atoms with E-state index < -0.39 is 40.8 Å². The number of ether oxygens (including phenoxy) is 3. The molecule has 0 heterocycles. The first-order chi connectivity index (χ1) is 13.4. The van der Waals surface area contributed by atoms with Gasteiger partial charge in [-0.2, -0.15) is 0 Å². The molecule has 0 saturated carbocycles. The van der Waals surface area contributed by atoms with Crippen LogP contribution in [0.2, 0.25) is 0 Å². The van der Waals surface area contributed by atoms with Gasteiger partial charge in [0.1, 0.15) is 22.8 Å². The molecule has 0 aromatic heterocycles. The van der Waals surface area contributed by atoms with E-state index in [0.717, 1.165) is 0 Å². The lowest BCUT2D eigenvalue weighted by Crippen LogP contribution is -2.50. The second kappa shape index (κ2) is 11.6. The number of aliphatic hydroxyl groups excluding tert-OH is 1. The normalized spacial score (nSPS) is 13.7. The molecule has 8 nitrogen and oxygen atoms in total. The van der Waals surface area contributed by atoms with Crippen molar-refractivity contribution in [2.24, 2.45) is 0 Å².